The van der Waals surface area contributed by atoms with Crippen molar-refractivity contribution in [3.8, 4) is 0 Å². The first-order valence-corrected chi connectivity index (χ1v) is 7.20. The summed E-state index contributed by atoms with van der Waals surface area (Å²) in [5.74, 6) is 0.329. The van der Waals surface area contributed by atoms with Gasteiger partial charge in [0, 0.05) is 0 Å². The van der Waals surface area contributed by atoms with Crippen LogP contribution in [0.2, 0.25) is 0 Å². The van der Waals surface area contributed by atoms with E-state index in [2.05, 4.69) is 18.2 Å². The van der Waals surface area contributed by atoms with Gasteiger partial charge in [-0.2, -0.15) is 0 Å². The van der Waals surface area contributed by atoms with Crippen molar-refractivity contribution < 1.29 is 9.59 Å². The number of carbonyl (C=O) groups is 2. The number of imide groups is 1. The van der Waals surface area contributed by atoms with Gasteiger partial charge in [0.2, 0.25) is 11.8 Å². The molecule has 0 N–H and O–H groups in total. The third-order valence-corrected chi connectivity index (χ3v) is 4.93. The average Bonchev–Trinajstić information content (AvgIpc) is 3.02. The number of hydrogen-bond donors (Lipinski definition) is 0. The Bertz CT molecular complexity index is 611. The molecule has 102 valence electrons. The summed E-state index contributed by atoms with van der Waals surface area (Å²) in [7, 11) is 0. The summed E-state index contributed by atoms with van der Waals surface area (Å²) in [6, 6.07) is 5.92. The number of nitrogens with zero attached hydrogens (tertiary/aromatic N) is 1. The zero-order valence-electron chi connectivity index (χ0n) is 11.7. The van der Waals surface area contributed by atoms with Gasteiger partial charge >= 0.3 is 0 Å². The molecule has 3 aliphatic rings. The number of amides is 2. The van der Waals surface area contributed by atoms with E-state index in [0.717, 1.165) is 23.2 Å². The van der Waals surface area contributed by atoms with Gasteiger partial charge in [-0.15, -0.1) is 0 Å². The Hall–Kier alpha value is -1.90. The molecule has 1 saturated heterocycles. The topological polar surface area (TPSA) is 37.4 Å². The van der Waals surface area contributed by atoms with Crippen molar-refractivity contribution in [1.82, 2.24) is 0 Å². The van der Waals surface area contributed by atoms with Crippen LogP contribution >= 0.6 is 0 Å². The van der Waals surface area contributed by atoms with E-state index in [9.17, 15) is 9.59 Å². The molecule has 1 saturated carbocycles. The van der Waals surface area contributed by atoms with Crippen LogP contribution in [0.3, 0.4) is 0 Å². The van der Waals surface area contributed by atoms with Crippen LogP contribution in [-0.2, 0) is 9.59 Å². The first kappa shape index (κ1) is 11.9. The average molecular weight is 267 g/mol. The number of benzene rings is 1. The minimum absolute atomic E-state index is 0.00171. The van der Waals surface area contributed by atoms with Crippen molar-refractivity contribution >= 4 is 17.5 Å². The molecule has 1 aromatic rings. The lowest BCUT2D eigenvalue weighted by atomic mass is 9.85. The predicted octanol–water partition coefficient (Wildman–Crippen LogP) is 2.61. The van der Waals surface area contributed by atoms with Crippen LogP contribution in [0.1, 0.15) is 17.5 Å². The summed E-state index contributed by atoms with van der Waals surface area (Å²) in [6.45, 7) is 3.99. The van der Waals surface area contributed by atoms with Gasteiger partial charge in [0.05, 0.1) is 17.5 Å². The summed E-state index contributed by atoms with van der Waals surface area (Å²) < 4.78 is 0. The minimum Gasteiger partial charge on any atom is -0.274 e. The van der Waals surface area contributed by atoms with E-state index in [4.69, 9.17) is 0 Å². The second-order valence-electron chi connectivity index (χ2n) is 6.36. The molecule has 1 aromatic carbocycles. The normalized spacial score (nSPS) is 34.2. The molecule has 0 aromatic heterocycles. The smallest absolute Gasteiger partial charge is 0.238 e. The maximum absolute atomic E-state index is 12.7. The summed E-state index contributed by atoms with van der Waals surface area (Å²) in [5.41, 5.74) is 2.91. The summed E-state index contributed by atoms with van der Waals surface area (Å²) in [5, 5.41) is 0. The van der Waals surface area contributed by atoms with Crippen LogP contribution in [0, 0.1) is 37.5 Å². The highest BCUT2D eigenvalue weighted by Gasteiger charge is 2.59. The van der Waals surface area contributed by atoms with Crippen LogP contribution in [0.15, 0.2) is 30.4 Å². The van der Waals surface area contributed by atoms with Crippen LogP contribution in [0.5, 0.6) is 0 Å². The number of allylic oxidation sites excluding steroid dienone is 2. The molecule has 0 unspecified atom stereocenters. The largest absolute Gasteiger partial charge is 0.274 e. The van der Waals surface area contributed by atoms with E-state index in [1.165, 1.54) is 4.90 Å². The lowest BCUT2D eigenvalue weighted by Crippen LogP contribution is -2.32. The van der Waals surface area contributed by atoms with Crippen molar-refractivity contribution in [2.45, 2.75) is 20.3 Å². The zero-order chi connectivity index (χ0) is 14.0. The summed E-state index contributed by atoms with van der Waals surface area (Å²) in [4.78, 5) is 26.8. The van der Waals surface area contributed by atoms with Crippen molar-refractivity contribution in [3.63, 3.8) is 0 Å². The third-order valence-electron chi connectivity index (χ3n) is 4.93. The van der Waals surface area contributed by atoms with Crippen LogP contribution in [0.25, 0.3) is 0 Å². The first-order chi connectivity index (χ1) is 9.56. The second-order valence-corrected chi connectivity index (χ2v) is 6.36. The molecule has 2 bridgehead atoms. The molecule has 2 amide bonds. The van der Waals surface area contributed by atoms with Gasteiger partial charge in [0.15, 0.2) is 0 Å². The molecule has 4 rings (SSSR count). The molecule has 3 nitrogen and oxygen atoms in total. The van der Waals surface area contributed by atoms with Crippen LogP contribution in [-0.4, -0.2) is 11.8 Å². The lowest BCUT2D eigenvalue weighted by molar-refractivity contribution is -0.123. The van der Waals surface area contributed by atoms with E-state index >= 15 is 0 Å². The van der Waals surface area contributed by atoms with Crippen LogP contribution < -0.4 is 4.90 Å². The van der Waals surface area contributed by atoms with E-state index in [0.29, 0.717) is 0 Å². The van der Waals surface area contributed by atoms with Crippen molar-refractivity contribution in [2.75, 3.05) is 4.90 Å². The summed E-state index contributed by atoms with van der Waals surface area (Å²) in [6.07, 6.45) is 5.23. The Balaban J connectivity index is 1.78. The predicted molar refractivity (Wildman–Crippen MR) is 76.1 cm³/mol. The van der Waals surface area contributed by atoms with Gasteiger partial charge in [0.25, 0.3) is 0 Å². The Morgan fingerprint density at radius 3 is 1.90 bits per heavy atom. The van der Waals surface area contributed by atoms with Gasteiger partial charge in [-0.05, 0) is 55.4 Å². The van der Waals surface area contributed by atoms with Gasteiger partial charge < -0.3 is 0 Å². The van der Waals surface area contributed by atoms with Gasteiger partial charge in [-0.1, -0.05) is 18.2 Å². The van der Waals surface area contributed by atoms with E-state index in [1.54, 1.807) is 0 Å². The fourth-order valence-electron chi connectivity index (χ4n) is 4.24. The molecule has 1 aliphatic heterocycles. The molecule has 1 heterocycles. The first-order valence-electron chi connectivity index (χ1n) is 7.20. The molecule has 3 heteroatoms. The Labute approximate surface area is 118 Å². The highest BCUT2D eigenvalue weighted by atomic mass is 16.2. The Kier molecular flexibility index (Phi) is 2.27. The SMILES string of the molecule is Cc1cc(C)cc(N2C(=O)[C@@H]3[C@H](C2=O)[C@@H]2C=C[C@@H]3C2)c1. The fraction of sp³-hybridized carbons (Fsp3) is 0.412. The van der Waals surface area contributed by atoms with E-state index in [1.807, 2.05) is 26.0 Å². The fourth-order valence-corrected chi connectivity index (χ4v) is 4.24. The minimum atomic E-state index is -0.113. The molecular weight excluding hydrogens is 250 g/mol. The van der Waals surface area contributed by atoms with Gasteiger partial charge in [-0.25, -0.2) is 4.90 Å². The van der Waals surface area contributed by atoms with E-state index in [-0.39, 0.29) is 35.5 Å². The standard InChI is InChI=1S/C17H17NO2/c1-9-5-10(2)7-13(6-9)18-16(19)14-11-3-4-12(8-11)15(14)17(18)20/h3-7,11-12,14-15H,8H2,1-2H3/t11-,12-,14-,15+/m1/s1. The van der Waals surface area contributed by atoms with Crippen LogP contribution in [0.4, 0.5) is 5.69 Å². The molecule has 2 fully saturated rings. The Morgan fingerprint density at radius 2 is 1.40 bits per heavy atom. The number of rotatable bonds is 1. The molecule has 0 radical (unpaired) electrons. The molecule has 20 heavy (non-hydrogen) atoms. The highest BCUT2D eigenvalue weighted by molar-refractivity contribution is 6.22. The van der Waals surface area contributed by atoms with Crippen molar-refractivity contribution in [2.24, 2.45) is 23.7 Å². The van der Waals surface area contributed by atoms with E-state index < -0.39 is 0 Å². The third kappa shape index (κ3) is 1.41. The molecule has 4 atom stereocenters. The number of carbonyl (C=O) groups excluding carboxylic acids is 2. The molecule has 0 spiro atoms. The van der Waals surface area contributed by atoms with Gasteiger partial charge in [0.1, 0.15) is 0 Å². The maximum Gasteiger partial charge on any atom is 0.238 e. The maximum atomic E-state index is 12.7. The number of hydrogen-bond acceptors (Lipinski definition) is 2. The second kappa shape index (κ2) is 3.81. The lowest BCUT2D eigenvalue weighted by Gasteiger charge is -2.18. The van der Waals surface area contributed by atoms with Crippen molar-refractivity contribution in [1.29, 1.82) is 0 Å². The Morgan fingerprint density at radius 1 is 0.900 bits per heavy atom. The number of fused-ring (bicyclic) bond motifs is 5. The monoisotopic (exact) mass is 267 g/mol. The highest BCUT2D eigenvalue weighted by Crippen LogP contribution is 2.53. The van der Waals surface area contributed by atoms with Crippen molar-refractivity contribution in [3.05, 3.63) is 41.5 Å². The summed E-state index contributed by atoms with van der Waals surface area (Å²) >= 11 is 0. The zero-order valence-corrected chi connectivity index (χ0v) is 11.7. The number of aryl methyl sites for hydroxylation is 2. The molecular formula is C17H17NO2. The number of anilines is 1. The van der Waals surface area contributed by atoms with Gasteiger partial charge in [-0.3, -0.25) is 9.59 Å². The molecule has 2 aliphatic carbocycles. The quantitative estimate of drug-likeness (QED) is 0.579.